The van der Waals surface area contributed by atoms with Gasteiger partial charge in [0.05, 0.1) is 0 Å². The molecule has 1 heterocycles. The maximum atomic E-state index is 10.8. The Labute approximate surface area is 88.4 Å². The maximum absolute atomic E-state index is 10.8. The number of hydrogen-bond donors (Lipinski definition) is 1. The Morgan fingerprint density at radius 2 is 1.83 bits per heavy atom. The van der Waals surface area contributed by atoms with Crippen LogP contribution in [0.5, 0.6) is 0 Å². The van der Waals surface area contributed by atoms with Gasteiger partial charge in [0.25, 0.3) is 0 Å². The number of nitrogens with one attached hydrogen (secondary N) is 1. The van der Waals surface area contributed by atoms with Crippen LogP contribution in [0.25, 0.3) is 0 Å². The molecular formula is C6H3Cl4NO. The third-order valence-corrected chi connectivity index (χ3v) is 2.00. The second-order valence-corrected chi connectivity index (χ2v) is 4.77. The molecule has 0 aliphatic rings. The van der Waals surface area contributed by atoms with E-state index in [2.05, 4.69) is 4.98 Å². The normalized spacial score (nSPS) is 11.7. The zero-order valence-corrected chi connectivity index (χ0v) is 8.60. The van der Waals surface area contributed by atoms with Crippen molar-refractivity contribution in [1.29, 1.82) is 0 Å². The molecule has 2 nitrogen and oxygen atoms in total. The number of alkyl halides is 3. The van der Waals surface area contributed by atoms with Crippen molar-refractivity contribution in [2.24, 2.45) is 0 Å². The fourth-order valence-corrected chi connectivity index (χ4v) is 1.21. The Hall–Kier alpha value is 0.110. The second kappa shape index (κ2) is 3.46. The van der Waals surface area contributed by atoms with Crippen LogP contribution in [0, 0.1) is 0 Å². The molecule has 12 heavy (non-hydrogen) atoms. The zero-order chi connectivity index (χ0) is 9.35. The molecule has 0 unspecified atom stereocenters. The lowest BCUT2D eigenvalue weighted by molar-refractivity contribution is 1.15. The van der Waals surface area contributed by atoms with E-state index in [0.29, 0.717) is 0 Å². The molecule has 0 atom stereocenters. The van der Waals surface area contributed by atoms with Gasteiger partial charge in [0.1, 0.15) is 5.15 Å². The number of pyridine rings is 1. The minimum atomic E-state index is -1.61. The van der Waals surface area contributed by atoms with E-state index in [-0.39, 0.29) is 10.7 Å². The predicted molar refractivity (Wildman–Crippen MR) is 51.3 cm³/mol. The summed E-state index contributed by atoms with van der Waals surface area (Å²) in [5.41, 5.74) is -0.148. The van der Waals surface area contributed by atoms with Crippen LogP contribution in [0.4, 0.5) is 0 Å². The van der Waals surface area contributed by atoms with Crippen molar-refractivity contribution in [3.8, 4) is 0 Å². The van der Waals surface area contributed by atoms with E-state index in [9.17, 15) is 4.79 Å². The predicted octanol–water partition coefficient (Wildman–Crippen LogP) is 2.86. The van der Waals surface area contributed by atoms with Crippen LogP contribution in [0.1, 0.15) is 5.56 Å². The maximum Gasteiger partial charge on any atom is 0.249 e. The zero-order valence-electron chi connectivity index (χ0n) is 5.57. The number of aromatic amines is 1. The monoisotopic (exact) mass is 245 g/mol. The van der Waals surface area contributed by atoms with Crippen LogP contribution >= 0.6 is 46.4 Å². The van der Waals surface area contributed by atoms with Gasteiger partial charge in [-0.2, -0.15) is 0 Å². The number of hydrogen-bond acceptors (Lipinski definition) is 1. The fraction of sp³-hybridized carbons (Fsp3) is 0.167. The Morgan fingerprint density at radius 1 is 1.25 bits per heavy atom. The molecule has 6 heteroatoms. The molecule has 0 spiro atoms. The van der Waals surface area contributed by atoms with E-state index in [4.69, 9.17) is 46.4 Å². The van der Waals surface area contributed by atoms with Crippen LogP contribution in [-0.4, -0.2) is 4.98 Å². The summed E-state index contributed by atoms with van der Waals surface area (Å²) in [6.07, 6.45) is 0. The van der Waals surface area contributed by atoms with Crippen molar-refractivity contribution in [3.05, 3.63) is 33.2 Å². The molecule has 66 valence electrons. The highest BCUT2D eigenvalue weighted by Gasteiger charge is 2.23. The number of H-pyrrole nitrogens is 1. The Balaban J connectivity index is 3.27. The number of aromatic nitrogens is 1. The van der Waals surface area contributed by atoms with Crippen LogP contribution in [0.15, 0.2) is 16.9 Å². The minimum Gasteiger partial charge on any atom is -0.313 e. The highest BCUT2D eigenvalue weighted by molar-refractivity contribution is 6.66. The first-order chi connectivity index (χ1) is 5.39. The van der Waals surface area contributed by atoms with Gasteiger partial charge in [0.15, 0.2) is 0 Å². The van der Waals surface area contributed by atoms with Crippen molar-refractivity contribution >= 4 is 46.4 Å². The first-order valence-electron chi connectivity index (χ1n) is 2.86. The summed E-state index contributed by atoms with van der Waals surface area (Å²) in [4.78, 5) is 13.2. The SMILES string of the molecule is O=c1cc(C(Cl)(Cl)Cl)cc(Cl)[nH]1. The summed E-state index contributed by atoms with van der Waals surface area (Å²) in [6, 6.07) is 2.56. The standard InChI is InChI=1S/C6H3Cl4NO/c7-4-1-3(6(8,9)10)2-5(12)11-4/h1-2H,(H,11,12). The molecule has 0 saturated carbocycles. The molecule has 1 N–H and O–H groups in total. The van der Waals surface area contributed by atoms with Gasteiger partial charge in [0.2, 0.25) is 9.35 Å². The highest BCUT2D eigenvalue weighted by atomic mass is 35.6. The van der Waals surface area contributed by atoms with Gasteiger partial charge in [-0.1, -0.05) is 46.4 Å². The van der Waals surface area contributed by atoms with E-state index < -0.39 is 9.35 Å². The molecule has 0 aliphatic carbocycles. The van der Waals surface area contributed by atoms with Crippen molar-refractivity contribution in [3.63, 3.8) is 0 Å². The van der Waals surface area contributed by atoms with Gasteiger partial charge in [-0.3, -0.25) is 4.79 Å². The van der Waals surface area contributed by atoms with E-state index in [1.54, 1.807) is 0 Å². The Bertz CT molecular complexity index is 340. The molecule has 1 aromatic heterocycles. The lowest BCUT2D eigenvalue weighted by atomic mass is 10.3. The molecule has 1 rings (SSSR count). The van der Waals surface area contributed by atoms with Crippen LogP contribution < -0.4 is 5.56 Å². The lowest BCUT2D eigenvalue weighted by Crippen LogP contribution is -2.10. The summed E-state index contributed by atoms with van der Waals surface area (Å²) < 4.78 is -1.61. The van der Waals surface area contributed by atoms with Crippen LogP contribution in [-0.2, 0) is 3.79 Å². The third kappa shape index (κ3) is 2.56. The average Bonchev–Trinajstić information content (AvgIpc) is 1.82. The quantitative estimate of drug-likeness (QED) is 0.554. The molecule has 0 aliphatic heterocycles. The molecule has 0 saturated heterocycles. The molecule has 0 fully saturated rings. The molecular weight excluding hydrogens is 244 g/mol. The first-order valence-corrected chi connectivity index (χ1v) is 4.38. The van der Waals surface area contributed by atoms with Crippen molar-refractivity contribution in [1.82, 2.24) is 4.98 Å². The van der Waals surface area contributed by atoms with Crippen molar-refractivity contribution in [2.45, 2.75) is 3.79 Å². The second-order valence-electron chi connectivity index (χ2n) is 2.08. The first kappa shape index (κ1) is 10.2. The molecule has 0 bridgehead atoms. The summed E-state index contributed by atoms with van der Waals surface area (Å²) in [7, 11) is 0. The van der Waals surface area contributed by atoms with Gasteiger partial charge in [0, 0.05) is 11.6 Å². The third-order valence-electron chi connectivity index (χ3n) is 1.14. The Kier molecular flexibility index (Phi) is 2.94. The van der Waals surface area contributed by atoms with E-state index in [1.165, 1.54) is 12.1 Å². The Morgan fingerprint density at radius 3 is 2.25 bits per heavy atom. The van der Waals surface area contributed by atoms with E-state index in [0.717, 1.165) is 0 Å². The highest BCUT2D eigenvalue weighted by Crippen LogP contribution is 2.37. The summed E-state index contributed by atoms with van der Waals surface area (Å²) in [5.74, 6) is 0. The largest absolute Gasteiger partial charge is 0.313 e. The smallest absolute Gasteiger partial charge is 0.249 e. The molecule has 1 aromatic rings. The number of rotatable bonds is 0. The van der Waals surface area contributed by atoms with E-state index >= 15 is 0 Å². The van der Waals surface area contributed by atoms with Gasteiger partial charge in [-0.05, 0) is 6.07 Å². The van der Waals surface area contributed by atoms with Gasteiger partial charge < -0.3 is 4.98 Å². The lowest BCUT2D eigenvalue weighted by Gasteiger charge is -2.09. The molecule has 0 radical (unpaired) electrons. The van der Waals surface area contributed by atoms with E-state index in [1.807, 2.05) is 0 Å². The number of halogens is 4. The van der Waals surface area contributed by atoms with Gasteiger partial charge in [-0.15, -0.1) is 0 Å². The van der Waals surface area contributed by atoms with Crippen molar-refractivity contribution < 1.29 is 0 Å². The van der Waals surface area contributed by atoms with Crippen LogP contribution in [0.2, 0.25) is 5.15 Å². The fourth-order valence-electron chi connectivity index (χ4n) is 0.673. The summed E-state index contributed by atoms with van der Waals surface area (Å²) in [5, 5.41) is 0.142. The summed E-state index contributed by atoms with van der Waals surface area (Å²) >= 11 is 22.1. The minimum absolute atomic E-state index is 0.142. The molecule has 0 amide bonds. The summed E-state index contributed by atoms with van der Waals surface area (Å²) in [6.45, 7) is 0. The average molecular weight is 247 g/mol. The van der Waals surface area contributed by atoms with Gasteiger partial charge >= 0.3 is 0 Å². The van der Waals surface area contributed by atoms with Crippen molar-refractivity contribution in [2.75, 3.05) is 0 Å². The van der Waals surface area contributed by atoms with Crippen LogP contribution in [0.3, 0.4) is 0 Å². The van der Waals surface area contributed by atoms with Gasteiger partial charge in [-0.25, -0.2) is 0 Å². The molecule has 0 aromatic carbocycles. The topological polar surface area (TPSA) is 32.9 Å².